The molecule has 1 aliphatic carbocycles. The van der Waals surface area contributed by atoms with Crippen molar-refractivity contribution in [2.75, 3.05) is 28.4 Å². The zero-order valence-corrected chi connectivity index (χ0v) is 28.7. The average molecular weight is 667 g/mol. The quantitative estimate of drug-likeness (QED) is 0.298. The van der Waals surface area contributed by atoms with Crippen LogP contribution in [0.5, 0.6) is 5.75 Å². The minimum Gasteiger partial charge on any atom is -0.497 e. The molecule has 0 spiro atoms. The van der Waals surface area contributed by atoms with E-state index in [0.717, 1.165) is 0 Å². The fourth-order valence-corrected chi connectivity index (χ4v) is 5.88. The summed E-state index contributed by atoms with van der Waals surface area (Å²) in [4.78, 5) is 53.6. The van der Waals surface area contributed by atoms with Crippen LogP contribution in [0.15, 0.2) is 76.7 Å². The van der Waals surface area contributed by atoms with Gasteiger partial charge in [0.25, 0.3) is 5.91 Å². The Morgan fingerprint density at radius 3 is 2.19 bits per heavy atom. The average Bonchev–Trinajstić information content (AvgIpc) is 3.06. The first-order chi connectivity index (χ1) is 22.8. The van der Waals surface area contributed by atoms with Crippen LogP contribution >= 0.6 is 0 Å². The number of Topliss-reactive ketones (excluding diaryl/α,β-unsaturated/α-hetero) is 2. The number of nitrogens with one attached hydrogen (secondary N) is 1. The van der Waals surface area contributed by atoms with Gasteiger partial charge in [-0.15, -0.1) is 0 Å². The summed E-state index contributed by atoms with van der Waals surface area (Å²) < 4.78 is 27.5. The van der Waals surface area contributed by atoms with Gasteiger partial charge in [0, 0.05) is 31.3 Å². The number of hydrogen-bond donors (Lipinski definition) is 3. The van der Waals surface area contributed by atoms with E-state index in [1.807, 2.05) is 6.92 Å². The largest absolute Gasteiger partial charge is 0.497 e. The summed E-state index contributed by atoms with van der Waals surface area (Å²) in [6, 6.07) is 6.53. The number of allylic oxidation sites excluding steroid dienone is 4. The molecule has 0 aromatic heterocycles. The Labute approximate surface area is 281 Å². The monoisotopic (exact) mass is 666 g/mol. The molecule has 0 radical (unpaired) electrons. The van der Waals surface area contributed by atoms with Crippen molar-refractivity contribution in [1.82, 2.24) is 5.32 Å². The second-order valence-electron chi connectivity index (χ2n) is 12.0. The molecule has 2 amide bonds. The van der Waals surface area contributed by atoms with Gasteiger partial charge in [-0.3, -0.25) is 14.4 Å². The van der Waals surface area contributed by atoms with Crippen LogP contribution in [0.25, 0.3) is 5.57 Å². The third-order valence-corrected chi connectivity index (χ3v) is 8.48. The minimum absolute atomic E-state index is 0.0232. The van der Waals surface area contributed by atoms with E-state index in [4.69, 9.17) is 29.4 Å². The van der Waals surface area contributed by atoms with Crippen LogP contribution in [-0.2, 0) is 33.3 Å². The van der Waals surface area contributed by atoms with Crippen LogP contribution < -0.4 is 15.8 Å². The highest BCUT2D eigenvalue weighted by Crippen LogP contribution is 2.35. The van der Waals surface area contributed by atoms with Crippen molar-refractivity contribution in [2.45, 2.75) is 65.0 Å². The van der Waals surface area contributed by atoms with Gasteiger partial charge in [-0.1, -0.05) is 50.3 Å². The molecule has 12 nitrogen and oxygen atoms in total. The SMILES string of the molecule is COC1=C2C[C@@H](C)C[C@H](OC)[C@H](O)[C@@H](C)/C=C(\C)[C@H](OC(N)=O)[C@@H](OC)/C=C\C=C(/C)C(=O)NC(=C(c3ccc(OC)cc3)C1=O)C2=O. The van der Waals surface area contributed by atoms with Crippen molar-refractivity contribution in [3.63, 3.8) is 0 Å². The zero-order chi connectivity index (χ0) is 35.7. The van der Waals surface area contributed by atoms with Gasteiger partial charge in [0.2, 0.25) is 11.6 Å². The van der Waals surface area contributed by atoms with E-state index in [1.54, 1.807) is 63.3 Å². The lowest BCUT2D eigenvalue weighted by Gasteiger charge is -2.30. The van der Waals surface area contributed by atoms with E-state index >= 15 is 0 Å². The van der Waals surface area contributed by atoms with Crippen molar-refractivity contribution in [2.24, 2.45) is 17.6 Å². The predicted octanol–water partition coefficient (Wildman–Crippen LogP) is 3.94. The van der Waals surface area contributed by atoms with Crippen LogP contribution in [0.4, 0.5) is 4.79 Å². The molecule has 3 rings (SSSR count). The third-order valence-electron chi connectivity index (χ3n) is 8.48. The summed E-state index contributed by atoms with van der Waals surface area (Å²) in [7, 11) is 5.73. The van der Waals surface area contributed by atoms with Gasteiger partial charge in [-0.25, -0.2) is 4.79 Å². The Morgan fingerprint density at radius 2 is 1.62 bits per heavy atom. The van der Waals surface area contributed by atoms with Crippen molar-refractivity contribution < 1.29 is 48.0 Å². The molecule has 0 unspecified atom stereocenters. The number of nitrogens with two attached hydrogens (primary N) is 1. The van der Waals surface area contributed by atoms with Gasteiger partial charge in [-0.05, 0) is 55.9 Å². The maximum Gasteiger partial charge on any atom is 0.405 e. The van der Waals surface area contributed by atoms with E-state index in [-0.39, 0.29) is 40.5 Å². The van der Waals surface area contributed by atoms with Crippen molar-refractivity contribution >= 4 is 29.1 Å². The highest BCUT2D eigenvalue weighted by atomic mass is 16.6. The number of benzene rings is 1. The number of carbonyl (C=O) groups excluding carboxylic acids is 4. The molecule has 4 N–H and O–H groups in total. The van der Waals surface area contributed by atoms with Crippen LogP contribution in [0.3, 0.4) is 0 Å². The molecular weight excluding hydrogens is 620 g/mol. The summed E-state index contributed by atoms with van der Waals surface area (Å²) >= 11 is 0. The number of amides is 2. The van der Waals surface area contributed by atoms with E-state index in [9.17, 15) is 24.3 Å². The number of hydrogen-bond acceptors (Lipinski definition) is 10. The van der Waals surface area contributed by atoms with Crippen LogP contribution in [0, 0.1) is 11.8 Å². The number of carbonyl (C=O) groups is 4. The van der Waals surface area contributed by atoms with Crippen LogP contribution in [0.1, 0.15) is 46.1 Å². The van der Waals surface area contributed by atoms with Gasteiger partial charge >= 0.3 is 6.09 Å². The second-order valence-corrected chi connectivity index (χ2v) is 12.0. The van der Waals surface area contributed by atoms with Crippen molar-refractivity contribution in [3.8, 4) is 5.75 Å². The number of methoxy groups -OCH3 is 4. The third kappa shape index (κ3) is 8.88. The van der Waals surface area contributed by atoms with E-state index in [2.05, 4.69) is 5.32 Å². The fraction of sp³-hybridized carbons (Fsp3) is 0.444. The molecule has 2 aliphatic rings. The lowest BCUT2D eigenvalue weighted by atomic mass is 9.82. The van der Waals surface area contributed by atoms with Gasteiger partial charge in [0.1, 0.15) is 17.6 Å². The first-order valence-corrected chi connectivity index (χ1v) is 15.6. The van der Waals surface area contributed by atoms with E-state index in [0.29, 0.717) is 23.3 Å². The van der Waals surface area contributed by atoms with E-state index < -0.39 is 53.9 Å². The topological polar surface area (TPSA) is 173 Å². The van der Waals surface area contributed by atoms with E-state index in [1.165, 1.54) is 34.5 Å². The number of rotatable bonds is 6. The second kappa shape index (κ2) is 17.0. The fourth-order valence-electron chi connectivity index (χ4n) is 5.88. The summed E-state index contributed by atoms with van der Waals surface area (Å²) in [5.74, 6) is -2.08. The molecule has 260 valence electrons. The Bertz CT molecular complexity index is 1540. The number of ether oxygens (including phenoxy) is 5. The maximum atomic E-state index is 14.2. The van der Waals surface area contributed by atoms with Crippen LogP contribution in [-0.4, -0.2) is 81.5 Å². The van der Waals surface area contributed by atoms with Gasteiger partial charge in [0.05, 0.1) is 32.0 Å². The van der Waals surface area contributed by atoms with Gasteiger partial charge in [-0.2, -0.15) is 0 Å². The highest BCUT2D eigenvalue weighted by Gasteiger charge is 2.38. The van der Waals surface area contributed by atoms with Crippen molar-refractivity contribution in [1.29, 1.82) is 0 Å². The van der Waals surface area contributed by atoms with Crippen molar-refractivity contribution in [3.05, 3.63) is 82.3 Å². The molecule has 1 aromatic rings. The number of aliphatic hydroxyl groups excluding tert-OH is 1. The molecule has 2 bridgehead atoms. The standard InChI is InChI=1S/C36H46N2O10/c1-19-16-25-31(40)29(28(32(41)34(25)47-8)23-12-14-24(44-5)15-13-23)38-35(42)20(2)10-9-11-26(45-6)33(48-36(37)43)22(4)18-21(3)30(39)27(17-19)46-7/h9-15,18-19,21,26-27,30,33,39H,16-17H2,1-8H3,(H2,37,43)(H,38,42)/b11-9-,20-10+,22-18+/t19-,21+,26+,27+,30-,33+/m1/s1. The smallest absolute Gasteiger partial charge is 0.405 e. The predicted molar refractivity (Wildman–Crippen MR) is 178 cm³/mol. The first kappa shape index (κ1) is 37.9. The highest BCUT2D eigenvalue weighted by molar-refractivity contribution is 6.39. The Balaban J connectivity index is 2.22. The molecule has 0 saturated heterocycles. The normalized spacial score (nSPS) is 29.3. The molecule has 6 atom stereocenters. The van der Waals surface area contributed by atoms with Gasteiger partial charge < -0.3 is 39.8 Å². The first-order valence-electron chi connectivity index (χ1n) is 15.6. The van der Waals surface area contributed by atoms with Crippen LogP contribution in [0.2, 0.25) is 0 Å². The Kier molecular flexibility index (Phi) is 13.5. The Morgan fingerprint density at radius 1 is 0.958 bits per heavy atom. The summed E-state index contributed by atoms with van der Waals surface area (Å²) in [6.45, 7) is 6.93. The number of ketones is 2. The molecule has 1 aliphatic heterocycles. The molecule has 0 fully saturated rings. The molecule has 0 saturated carbocycles. The minimum atomic E-state index is -1.01. The number of primary amides is 1. The lowest BCUT2D eigenvalue weighted by Crippen LogP contribution is -2.37. The summed E-state index contributed by atoms with van der Waals surface area (Å²) in [5, 5.41) is 14.0. The lowest BCUT2D eigenvalue weighted by molar-refractivity contribution is -0.120. The zero-order valence-electron chi connectivity index (χ0n) is 28.7. The molecular formula is C36H46N2O10. The molecule has 1 heterocycles. The van der Waals surface area contributed by atoms with Gasteiger partial charge in [0.15, 0.2) is 11.9 Å². The summed E-state index contributed by atoms with van der Waals surface area (Å²) in [5.41, 5.74) is 6.44. The Hall–Kier alpha value is -4.52. The number of aliphatic hydroxyl groups is 1. The number of fused-ring (bicyclic) bond motifs is 2. The molecule has 12 heteroatoms. The molecule has 48 heavy (non-hydrogen) atoms. The summed E-state index contributed by atoms with van der Waals surface area (Å²) in [6.07, 6.45) is 2.34. The maximum absolute atomic E-state index is 14.2. The molecule has 1 aromatic carbocycles.